The maximum absolute atomic E-state index is 5.47. The van der Waals surface area contributed by atoms with E-state index in [9.17, 15) is 0 Å². The molecule has 1 heterocycles. The molecular weight excluding hydrogens is 152 g/mol. The second kappa shape index (κ2) is 4.16. The Labute approximate surface area is 73.2 Å². The van der Waals surface area contributed by atoms with Crippen LogP contribution in [0.2, 0.25) is 0 Å². The first-order valence-corrected chi connectivity index (χ1v) is 3.92. The van der Waals surface area contributed by atoms with E-state index >= 15 is 0 Å². The molecule has 2 heteroatoms. The molecule has 1 fully saturated rings. The van der Waals surface area contributed by atoms with Gasteiger partial charge in [0.2, 0.25) is 5.60 Å². The van der Waals surface area contributed by atoms with Gasteiger partial charge in [0.1, 0.15) is 0 Å². The van der Waals surface area contributed by atoms with Crippen LogP contribution in [0, 0.1) is 23.7 Å². The maximum Gasteiger partial charge on any atom is 0.213 e. The molecule has 1 aliphatic rings. The van der Waals surface area contributed by atoms with Crippen molar-refractivity contribution >= 4 is 0 Å². The molecule has 0 aromatic rings. The summed E-state index contributed by atoms with van der Waals surface area (Å²) in [4.78, 5) is 0. The number of ether oxygens (including phenoxy) is 2. The van der Waals surface area contributed by atoms with E-state index in [0.29, 0.717) is 19.8 Å². The van der Waals surface area contributed by atoms with Crippen molar-refractivity contribution in [3.63, 3.8) is 0 Å². The highest BCUT2D eigenvalue weighted by atomic mass is 16.6. The maximum atomic E-state index is 5.47. The lowest BCUT2D eigenvalue weighted by atomic mass is 10.1. The summed E-state index contributed by atoms with van der Waals surface area (Å²) < 4.78 is 10.7. The van der Waals surface area contributed by atoms with Crippen LogP contribution in [-0.2, 0) is 9.47 Å². The topological polar surface area (TPSA) is 18.5 Å². The highest BCUT2D eigenvalue weighted by Gasteiger charge is 2.29. The summed E-state index contributed by atoms with van der Waals surface area (Å²) in [5.74, 6) is 11.5. The minimum atomic E-state index is -0.665. The molecule has 12 heavy (non-hydrogen) atoms. The van der Waals surface area contributed by atoms with Crippen LogP contribution in [0.1, 0.15) is 13.8 Å². The van der Waals surface area contributed by atoms with Crippen LogP contribution >= 0.6 is 0 Å². The van der Waals surface area contributed by atoms with Crippen molar-refractivity contribution in [2.45, 2.75) is 19.4 Å². The Morgan fingerprint density at radius 3 is 2.17 bits per heavy atom. The second-order valence-corrected chi connectivity index (χ2v) is 2.48. The lowest BCUT2D eigenvalue weighted by Gasteiger charge is -2.27. The summed E-state index contributed by atoms with van der Waals surface area (Å²) in [6, 6.07) is 0. The fourth-order valence-corrected chi connectivity index (χ4v) is 1.11. The average Bonchev–Trinajstić information content (AvgIpc) is 2.07. The van der Waals surface area contributed by atoms with Gasteiger partial charge in [-0.25, -0.2) is 0 Å². The molecule has 0 bridgehead atoms. The predicted octanol–water partition coefficient (Wildman–Crippen LogP) is 0.819. The number of hydrogen-bond acceptors (Lipinski definition) is 2. The Bertz CT molecular complexity index is 231. The molecule has 0 amide bonds. The van der Waals surface area contributed by atoms with Crippen molar-refractivity contribution in [3.05, 3.63) is 0 Å². The van der Waals surface area contributed by atoms with Crippen LogP contribution in [0.3, 0.4) is 0 Å². The summed E-state index contributed by atoms with van der Waals surface area (Å²) in [6.07, 6.45) is 0. The first kappa shape index (κ1) is 9.13. The van der Waals surface area contributed by atoms with Gasteiger partial charge >= 0.3 is 0 Å². The molecule has 0 N–H and O–H groups in total. The van der Waals surface area contributed by atoms with Crippen LogP contribution < -0.4 is 0 Å². The average molecular weight is 164 g/mol. The Balaban J connectivity index is 2.79. The van der Waals surface area contributed by atoms with Crippen molar-refractivity contribution in [3.8, 4) is 23.7 Å². The third-order valence-corrected chi connectivity index (χ3v) is 1.54. The van der Waals surface area contributed by atoms with E-state index in [2.05, 4.69) is 23.7 Å². The van der Waals surface area contributed by atoms with E-state index < -0.39 is 5.60 Å². The van der Waals surface area contributed by atoms with E-state index in [1.54, 1.807) is 13.8 Å². The fourth-order valence-electron chi connectivity index (χ4n) is 1.11. The molecule has 1 saturated heterocycles. The van der Waals surface area contributed by atoms with Crippen LogP contribution in [0.25, 0.3) is 0 Å². The smallest absolute Gasteiger partial charge is 0.213 e. The number of rotatable bonds is 0. The van der Waals surface area contributed by atoms with E-state index in [0.717, 1.165) is 0 Å². The molecule has 64 valence electrons. The van der Waals surface area contributed by atoms with Gasteiger partial charge in [0.05, 0.1) is 19.8 Å². The second-order valence-electron chi connectivity index (χ2n) is 2.48. The fraction of sp³-hybridized carbons (Fsp3) is 0.600. The first-order valence-electron chi connectivity index (χ1n) is 3.92. The van der Waals surface area contributed by atoms with Crippen LogP contribution in [0.5, 0.6) is 0 Å². The third kappa shape index (κ3) is 2.01. The summed E-state index contributed by atoms with van der Waals surface area (Å²) in [5.41, 5.74) is -0.665. The molecule has 0 spiro atoms. The SMILES string of the molecule is CC#CC1(C#CC)COCCO1. The van der Waals surface area contributed by atoms with Gasteiger partial charge in [-0.05, 0) is 13.8 Å². The minimum Gasteiger partial charge on any atom is -0.374 e. The highest BCUT2D eigenvalue weighted by molar-refractivity contribution is 5.30. The molecule has 0 saturated carbocycles. The van der Waals surface area contributed by atoms with Gasteiger partial charge in [0.25, 0.3) is 0 Å². The van der Waals surface area contributed by atoms with E-state index in [4.69, 9.17) is 9.47 Å². The Morgan fingerprint density at radius 2 is 1.75 bits per heavy atom. The zero-order valence-corrected chi connectivity index (χ0v) is 7.44. The van der Waals surface area contributed by atoms with E-state index in [-0.39, 0.29) is 0 Å². The lowest BCUT2D eigenvalue weighted by molar-refractivity contribution is -0.0974. The third-order valence-electron chi connectivity index (χ3n) is 1.54. The lowest BCUT2D eigenvalue weighted by Crippen LogP contribution is -2.40. The molecule has 0 radical (unpaired) electrons. The van der Waals surface area contributed by atoms with Gasteiger partial charge in [0, 0.05) is 0 Å². The first-order chi connectivity index (χ1) is 5.83. The molecule has 0 atom stereocenters. The summed E-state index contributed by atoms with van der Waals surface area (Å²) in [5, 5.41) is 0. The van der Waals surface area contributed by atoms with Crippen molar-refractivity contribution in [2.24, 2.45) is 0 Å². The molecule has 1 rings (SSSR count). The Kier molecular flexibility index (Phi) is 3.17. The zero-order chi connectivity index (χ0) is 8.86. The van der Waals surface area contributed by atoms with Crippen molar-refractivity contribution in [1.82, 2.24) is 0 Å². The minimum absolute atomic E-state index is 0.453. The van der Waals surface area contributed by atoms with Crippen molar-refractivity contribution in [1.29, 1.82) is 0 Å². The zero-order valence-electron chi connectivity index (χ0n) is 7.44. The van der Waals surface area contributed by atoms with Crippen LogP contribution in [0.4, 0.5) is 0 Å². The van der Waals surface area contributed by atoms with Gasteiger partial charge in [-0.2, -0.15) is 0 Å². The largest absolute Gasteiger partial charge is 0.374 e. The Morgan fingerprint density at radius 1 is 1.08 bits per heavy atom. The van der Waals surface area contributed by atoms with Crippen molar-refractivity contribution in [2.75, 3.05) is 19.8 Å². The van der Waals surface area contributed by atoms with Crippen LogP contribution in [-0.4, -0.2) is 25.4 Å². The van der Waals surface area contributed by atoms with Gasteiger partial charge in [-0.15, -0.1) is 11.8 Å². The summed E-state index contributed by atoms with van der Waals surface area (Å²) in [7, 11) is 0. The molecule has 0 aromatic heterocycles. The van der Waals surface area contributed by atoms with Gasteiger partial charge < -0.3 is 9.47 Å². The predicted molar refractivity (Wildman–Crippen MR) is 46.4 cm³/mol. The van der Waals surface area contributed by atoms with Crippen molar-refractivity contribution < 1.29 is 9.47 Å². The monoisotopic (exact) mass is 164 g/mol. The van der Waals surface area contributed by atoms with E-state index in [1.807, 2.05) is 0 Å². The molecule has 2 nitrogen and oxygen atoms in total. The molecule has 0 aromatic carbocycles. The molecule has 1 aliphatic heterocycles. The number of hydrogen-bond donors (Lipinski definition) is 0. The quantitative estimate of drug-likeness (QED) is 0.493. The van der Waals surface area contributed by atoms with E-state index in [1.165, 1.54) is 0 Å². The standard InChI is InChI=1S/C10H12O2/c1-3-5-10(6-4-2)9-11-7-8-12-10/h7-9H2,1-2H3. The van der Waals surface area contributed by atoms with Crippen LogP contribution in [0.15, 0.2) is 0 Å². The summed E-state index contributed by atoms with van der Waals surface area (Å²) >= 11 is 0. The molecule has 0 aliphatic carbocycles. The van der Waals surface area contributed by atoms with Gasteiger partial charge in [-0.3, -0.25) is 0 Å². The molecule has 0 unspecified atom stereocenters. The molecular formula is C10H12O2. The Hall–Kier alpha value is -0.960. The van der Waals surface area contributed by atoms with Gasteiger partial charge in [-0.1, -0.05) is 11.8 Å². The normalized spacial score (nSPS) is 19.8. The van der Waals surface area contributed by atoms with Gasteiger partial charge in [0.15, 0.2) is 0 Å². The highest BCUT2D eigenvalue weighted by Crippen LogP contribution is 2.13. The summed E-state index contributed by atoms with van der Waals surface area (Å²) in [6.45, 7) is 5.21.